The zero-order valence-corrected chi connectivity index (χ0v) is 15.5. The number of methoxy groups -OCH3 is 1. The molecule has 2 amide bonds. The van der Waals surface area contributed by atoms with Gasteiger partial charge in [-0.25, -0.2) is 4.79 Å². The van der Waals surface area contributed by atoms with Crippen molar-refractivity contribution in [2.24, 2.45) is 0 Å². The predicted molar refractivity (Wildman–Crippen MR) is 98.3 cm³/mol. The highest BCUT2D eigenvalue weighted by Crippen LogP contribution is 2.28. The standard InChI is InChI=1S/C19H23N3O5/c1-3-26-19(24)22-11-9-21(10-12-22)18(23)7-5-15-4-6-16(27-13-8-20)17(14-15)25-2/h4-7,14H,3,9-13H2,1-2H3/b7-5+. The molecule has 27 heavy (non-hydrogen) atoms. The molecule has 1 fully saturated rings. The first-order chi connectivity index (χ1) is 13.1. The molecular weight excluding hydrogens is 350 g/mol. The Morgan fingerprint density at radius 2 is 1.89 bits per heavy atom. The predicted octanol–water partition coefficient (Wildman–Crippen LogP) is 1.91. The third-order valence-corrected chi connectivity index (χ3v) is 4.02. The van der Waals surface area contributed by atoms with Crippen LogP contribution in [0.4, 0.5) is 4.79 Å². The molecule has 0 unspecified atom stereocenters. The van der Waals surface area contributed by atoms with Gasteiger partial charge < -0.3 is 24.0 Å². The lowest BCUT2D eigenvalue weighted by Crippen LogP contribution is -2.50. The Hall–Kier alpha value is -3.21. The number of benzene rings is 1. The molecule has 1 aliphatic rings. The van der Waals surface area contributed by atoms with Gasteiger partial charge in [0.1, 0.15) is 6.07 Å². The summed E-state index contributed by atoms with van der Waals surface area (Å²) in [6.07, 6.45) is 2.84. The van der Waals surface area contributed by atoms with Crippen LogP contribution < -0.4 is 9.47 Å². The zero-order valence-electron chi connectivity index (χ0n) is 15.5. The Morgan fingerprint density at radius 3 is 2.52 bits per heavy atom. The Kier molecular flexibility index (Phi) is 7.49. The van der Waals surface area contributed by atoms with E-state index in [2.05, 4.69) is 0 Å². The van der Waals surface area contributed by atoms with Crippen LogP contribution in [0.3, 0.4) is 0 Å². The van der Waals surface area contributed by atoms with Crippen LogP contribution in [-0.4, -0.2) is 68.3 Å². The molecule has 1 aromatic carbocycles. The molecule has 0 aliphatic carbocycles. The van der Waals surface area contributed by atoms with Crippen LogP contribution in [0, 0.1) is 11.3 Å². The van der Waals surface area contributed by atoms with Crippen molar-refractivity contribution in [3.8, 4) is 17.6 Å². The van der Waals surface area contributed by atoms with Gasteiger partial charge in [-0.2, -0.15) is 5.26 Å². The van der Waals surface area contributed by atoms with E-state index in [-0.39, 0.29) is 18.6 Å². The fraction of sp³-hybridized carbons (Fsp3) is 0.421. The molecule has 0 radical (unpaired) electrons. The first-order valence-electron chi connectivity index (χ1n) is 8.65. The average molecular weight is 373 g/mol. The van der Waals surface area contributed by atoms with Crippen molar-refractivity contribution < 1.29 is 23.8 Å². The van der Waals surface area contributed by atoms with Crippen molar-refractivity contribution in [2.75, 3.05) is 46.5 Å². The highest BCUT2D eigenvalue weighted by molar-refractivity contribution is 5.92. The minimum Gasteiger partial charge on any atom is -0.493 e. The van der Waals surface area contributed by atoms with E-state index < -0.39 is 0 Å². The first kappa shape index (κ1) is 20.1. The van der Waals surface area contributed by atoms with Gasteiger partial charge in [0.05, 0.1) is 13.7 Å². The van der Waals surface area contributed by atoms with Gasteiger partial charge in [-0.15, -0.1) is 0 Å². The van der Waals surface area contributed by atoms with Crippen molar-refractivity contribution in [3.05, 3.63) is 29.8 Å². The number of piperazine rings is 1. The van der Waals surface area contributed by atoms with Gasteiger partial charge in [0.15, 0.2) is 18.1 Å². The molecule has 0 bridgehead atoms. The van der Waals surface area contributed by atoms with Crippen LogP contribution in [-0.2, 0) is 9.53 Å². The SMILES string of the molecule is CCOC(=O)N1CCN(C(=O)/C=C/c2ccc(OCC#N)c(OC)c2)CC1. The summed E-state index contributed by atoms with van der Waals surface area (Å²) in [7, 11) is 1.51. The Balaban J connectivity index is 1.93. The number of carbonyl (C=O) groups excluding carboxylic acids is 2. The summed E-state index contributed by atoms with van der Waals surface area (Å²) in [6.45, 7) is 3.87. The summed E-state index contributed by atoms with van der Waals surface area (Å²) in [5.74, 6) is 0.836. The molecule has 0 aromatic heterocycles. The van der Waals surface area contributed by atoms with Gasteiger partial charge in [0, 0.05) is 32.3 Å². The second-order valence-corrected chi connectivity index (χ2v) is 5.70. The largest absolute Gasteiger partial charge is 0.493 e. The maximum atomic E-state index is 12.3. The second-order valence-electron chi connectivity index (χ2n) is 5.70. The summed E-state index contributed by atoms with van der Waals surface area (Å²) in [6, 6.07) is 7.10. The molecule has 144 valence electrons. The van der Waals surface area contributed by atoms with E-state index in [4.69, 9.17) is 19.5 Å². The second kappa shape index (κ2) is 10.1. The Morgan fingerprint density at radius 1 is 1.19 bits per heavy atom. The minimum absolute atomic E-state index is 0.0677. The van der Waals surface area contributed by atoms with Crippen molar-refractivity contribution in [1.29, 1.82) is 5.26 Å². The van der Waals surface area contributed by atoms with Gasteiger partial charge in [0.2, 0.25) is 5.91 Å². The van der Waals surface area contributed by atoms with Crippen LogP contribution in [0.5, 0.6) is 11.5 Å². The van der Waals surface area contributed by atoms with Crippen molar-refractivity contribution in [2.45, 2.75) is 6.92 Å². The number of nitriles is 1. The number of hydrogen-bond acceptors (Lipinski definition) is 6. The van der Waals surface area contributed by atoms with Crippen LogP contribution in [0.2, 0.25) is 0 Å². The van der Waals surface area contributed by atoms with Crippen molar-refractivity contribution in [1.82, 2.24) is 9.80 Å². The Labute approximate surface area is 158 Å². The van der Waals surface area contributed by atoms with Crippen LogP contribution in [0.25, 0.3) is 6.08 Å². The quantitative estimate of drug-likeness (QED) is 0.708. The van der Waals surface area contributed by atoms with Crippen LogP contribution >= 0.6 is 0 Å². The number of rotatable bonds is 6. The van der Waals surface area contributed by atoms with Crippen molar-refractivity contribution >= 4 is 18.1 Å². The third-order valence-electron chi connectivity index (χ3n) is 4.02. The average Bonchev–Trinajstić information content (AvgIpc) is 2.71. The summed E-state index contributed by atoms with van der Waals surface area (Å²) < 4.78 is 15.5. The Bertz CT molecular complexity index is 733. The zero-order chi connectivity index (χ0) is 19.6. The molecule has 2 rings (SSSR count). The number of nitrogens with zero attached hydrogens (tertiary/aromatic N) is 3. The van der Waals surface area contributed by atoms with E-state index in [0.717, 1.165) is 5.56 Å². The van der Waals surface area contributed by atoms with Gasteiger partial charge in [0.25, 0.3) is 0 Å². The van der Waals surface area contributed by atoms with Gasteiger partial charge in [-0.3, -0.25) is 4.79 Å². The first-order valence-corrected chi connectivity index (χ1v) is 8.65. The normalized spacial score (nSPS) is 14.0. The minimum atomic E-state index is -0.342. The lowest BCUT2D eigenvalue weighted by atomic mass is 10.2. The van der Waals surface area contributed by atoms with E-state index in [1.165, 1.54) is 13.2 Å². The number of hydrogen-bond donors (Lipinski definition) is 0. The molecule has 8 nitrogen and oxygen atoms in total. The lowest BCUT2D eigenvalue weighted by Gasteiger charge is -2.33. The van der Waals surface area contributed by atoms with Crippen molar-refractivity contribution in [3.63, 3.8) is 0 Å². The fourth-order valence-corrected chi connectivity index (χ4v) is 2.61. The number of ether oxygens (including phenoxy) is 3. The molecule has 1 aliphatic heterocycles. The van der Waals surface area contributed by atoms with Crippen LogP contribution in [0.15, 0.2) is 24.3 Å². The van der Waals surface area contributed by atoms with Gasteiger partial charge >= 0.3 is 6.09 Å². The maximum Gasteiger partial charge on any atom is 0.409 e. The fourth-order valence-electron chi connectivity index (χ4n) is 2.61. The van der Waals surface area contributed by atoms with Gasteiger partial charge in [-0.05, 0) is 30.7 Å². The monoisotopic (exact) mass is 373 g/mol. The summed E-state index contributed by atoms with van der Waals surface area (Å²) in [4.78, 5) is 27.3. The number of amides is 2. The smallest absolute Gasteiger partial charge is 0.409 e. The van der Waals surface area contributed by atoms with Gasteiger partial charge in [-0.1, -0.05) is 6.07 Å². The van der Waals surface area contributed by atoms with E-state index >= 15 is 0 Å². The maximum absolute atomic E-state index is 12.3. The highest BCUT2D eigenvalue weighted by atomic mass is 16.6. The lowest BCUT2D eigenvalue weighted by molar-refractivity contribution is -0.127. The van der Waals surface area contributed by atoms with Crippen LogP contribution in [0.1, 0.15) is 12.5 Å². The molecular formula is C19H23N3O5. The third kappa shape index (κ3) is 5.64. The van der Waals surface area contributed by atoms with E-state index in [9.17, 15) is 9.59 Å². The molecule has 1 saturated heterocycles. The van der Waals surface area contributed by atoms with E-state index in [1.807, 2.05) is 6.07 Å². The molecule has 0 atom stereocenters. The molecule has 1 aromatic rings. The summed E-state index contributed by atoms with van der Waals surface area (Å²) in [5.41, 5.74) is 0.773. The molecule has 0 saturated carbocycles. The molecule has 1 heterocycles. The molecule has 0 spiro atoms. The molecule has 0 N–H and O–H groups in total. The summed E-state index contributed by atoms with van der Waals surface area (Å²) >= 11 is 0. The molecule has 8 heteroatoms. The van der Waals surface area contributed by atoms with E-state index in [1.54, 1.807) is 41.0 Å². The van der Waals surface area contributed by atoms with E-state index in [0.29, 0.717) is 44.3 Å². The topological polar surface area (TPSA) is 92.1 Å². The summed E-state index contributed by atoms with van der Waals surface area (Å²) in [5, 5.41) is 8.59. The number of carbonyl (C=O) groups is 2. The highest BCUT2D eigenvalue weighted by Gasteiger charge is 2.23.